The van der Waals surface area contributed by atoms with Crippen LogP contribution in [-0.2, 0) is 22.3 Å². The van der Waals surface area contributed by atoms with Crippen LogP contribution in [0.5, 0.6) is 0 Å². The average Bonchev–Trinajstić information content (AvgIpc) is 2.43. The maximum atomic E-state index is 12.2. The Morgan fingerprint density at radius 2 is 1.71 bits per heavy atom. The molecule has 0 atom stereocenters. The maximum absolute atomic E-state index is 12.2. The zero-order chi connectivity index (χ0) is 15.5. The Morgan fingerprint density at radius 3 is 2.43 bits per heavy atom. The number of anilines is 1. The number of nitrogens with one attached hydrogen (secondary N) is 1. The predicted molar refractivity (Wildman–Crippen MR) is 87.0 cm³/mol. The van der Waals surface area contributed by atoms with Crippen LogP contribution in [0.15, 0.2) is 42.5 Å². The van der Waals surface area contributed by atoms with E-state index >= 15 is 0 Å². The molecule has 0 unspecified atom stereocenters. The van der Waals surface area contributed by atoms with E-state index in [9.17, 15) is 8.42 Å². The van der Waals surface area contributed by atoms with Gasteiger partial charge in [0.05, 0.1) is 21.5 Å². The number of nitrogens with two attached hydrogens (primary N) is 1. The van der Waals surface area contributed by atoms with Gasteiger partial charge in [-0.25, -0.2) is 8.42 Å². The van der Waals surface area contributed by atoms with E-state index in [2.05, 4.69) is 4.72 Å². The first-order valence-corrected chi connectivity index (χ1v) is 8.54. The molecule has 0 fully saturated rings. The van der Waals surface area contributed by atoms with Crippen molar-refractivity contribution < 1.29 is 8.42 Å². The first-order chi connectivity index (χ1) is 9.91. The van der Waals surface area contributed by atoms with Gasteiger partial charge in [-0.1, -0.05) is 53.5 Å². The Hall–Kier alpha value is -1.27. The molecule has 0 saturated carbocycles. The molecule has 0 aliphatic carbocycles. The highest BCUT2D eigenvalue weighted by Gasteiger charge is 2.15. The summed E-state index contributed by atoms with van der Waals surface area (Å²) in [5.74, 6) is -0.163. The third-order valence-electron chi connectivity index (χ3n) is 2.80. The van der Waals surface area contributed by atoms with Crippen LogP contribution in [0.25, 0.3) is 0 Å². The molecular formula is C14H14Cl2N2O2S. The summed E-state index contributed by atoms with van der Waals surface area (Å²) in [6.07, 6.45) is 0. The number of hydrogen-bond donors (Lipinski definition) is 2. The van der Waals surface area contributed by atoms with E-state index in [1.54, 1.807) is 36.4 Å². The summed E-state index contributed by atoms with van der Waals surface area (Å²) in [7, 11) is -3.59. The molecule has 0 saturated heterocycles. The number of sulfonamides is 1. The van der Waals surface area contributed by atoms with Gasteiger partial charge in [0, 0.05) is 6.54 Å². The SMILES string of the molecule is NCc1cccc(CS(=O)(=O)Nc2cccc(Cl)c2Cl)c1. The van der Waals surface area contributed by atoms with Gasteiger partial charge in [0.1, 0.15) is 0 Å². The van der Waals surface area contributed by atoms with Crippen LogP contribution in [-0.4, -0.2) is 8.42 Å². The van der Waals surface area contributed by atoms with Gasteiger partial charge in [-0.15, -0.1) is 0 Å². The Labute approximate surface area is 133 Å². The highest BCUT2D eigenvalue weighted by Crippen LogP contribution is 2.30. The molecule has 0 aromatic heterocycles. The van der Waals surface area contributed by atoms with E-state index in [4.69, 9.17) is 28.9 Å². The molecule has 0 spiro atoms. The third-order valence-corrected chi connectivity index (χ3v) is 4.86. The normalized spacial score (nSPS) is 11.4. The second-order valence-electron chi connectivity index (χ2n) is 4.49. The van der Waals surface area contributed by atoms with Gasteiger partial charge in [-0.2, -0.15) is 0 Å². The van der Waals surface area contributed by atoms with E-state index in [1.165, 1.54) is 0 Å². The first-order valence-electron chi connectivity index (χ1n) is 6.13. The molecule has 0 amide bonds. The van der Waals surface area contributed by atoms with Crippen LogP contribution in [0.1, 0.15) is 11.1 Å². The standard InChI is InChI=1S/C14H14Cl2N2O2S/c15-12-5-2-6-13(14(12)16)18-21(19,20)9-11-4-1-3-10(7-11)8-17/h1-7,18H,8-9,17H2. The minimum atomic E-state index is -3.59. The molecule has 112 valence electrons. The van der Waals surface area contributed by atoms with Crippen molar-refractivity contribution in [2.24, 2.45) is 5.73 Å². The maximum Gasteiger partial charge on any atom is 0.236 e. The molecule has 4 nitrogen and oxygen atoms in total. The quantitative estimate of drug-likeness (QED) is 0.872. The van der Waals surface area contributed by atoms with Gasteiger partial charge in [-0.3, -0.25) is 4.72 Å². The largest absolute Gasteiger partial charge is 0.326 e. The van der Waals surface area contributed by atoms with Crippen molar-refractivity contribution in [2.45, 2.75) is 12.3 Å². The monoisotopic (exact) mass is 344 g/mol. The lowest BCUT2D eigenvalue weighted by Crippen LogP contribution is -2.15. The van der Waals surface area contributed by atoms with Crippen molar-refractivity contribution in [3.05, 3.63) is 63.6 Å². The van der Waals surface area contributed by atoms with Crippen LogP contribution in [0.4, 0.5) is 5.69 Å². The molecular weight excluding hydrogens is 331 g/mol. The van der Waals surface area contributed by atoms with Crippen molar-refractivity contribution in [3.8, 4) is 0 Å². The second-order valence-corrected chi connectivity index (χ2v) is 6.99. The van der Waals surface area contributed by atoms with Crippen molar-refractivity contribution in [3.63, 3.8) is 0 Å². The van der Waals surface area contributed by atoms with Crippen LogP contribution in [0, 0.1) is 0 Å². The van der Waals surface area contributed by atoms with Gasteiger partial charge in [0.2, 0.25) is 10.0 Å². The molecule has 2 aromatic carbocycles. The van der Waals surface area contributed by atoms with Gasteiger partial charge >= 0.3 is 0 Å². The van der Waals surface area contributed by atoms with Crippen molar-refractivity contribution in [2.75, 3.05) is 4.72 Å². The summed E-state index contributed by atoms with van der Waals surface area (Å²) < 4.78 is 26.8. The summed E-state index contributed by atoms with van der Waals surface area (Å²) in [4.78, 5) is 0. The van der Waals surface area contributed by atoms with Crippen LogP contribution in [0.2, 0.25) is 10.0 Å². The fourth-order valence-corrected chi connectivity index (χ4v) is 3.45. The molecule has 2 rings (SSSR count). The van der Waals surface area contributed by atoms with Crippen molar-refractivity contribution in [1.29, 1.82) is 0 Å². The Morgan fingerprint density at radius 1 is 1.05 bits per heavy atom. The lowest BCUT2D eigenvalue weighted by atomic mass is 10.1. The van der Waals surface area contributed by atoms with Crippen LogP contribution in [0.3, 0.4) is 0 Å². The Balaban J connectivity index is 2.20. The zero-order valence-corrected chi connectivity index (χ0v) is 13.3. The molecule has 7 heteroatoms. The molecule has 21 heavy (non-hydrogen) atoms. The van der Waals surface area contributed by atoms with Crippen LogP contribution >= 0.6 is 23.2 Å². The number of benzene rings is 2. The lowest BCUT2D eigenvalue weighted by molar-refractivity contribution is 0.600. The smallest absolute Gasteiger partial charge is 0.236 e. The summed E-state index contributed by atoms with van der Waals surface area (Å²) in [5, 5.41) is 0.473. The fourth-order valence-electron chi connectivity index (χ4n) is 1.85. The summed E-state index contributed by atoms with van der Waals surface area (Å²) >= 11 is 11.8. The van der Waals surface area contributed by atoms with E-state index in [-0.39, 0.29) is 16.5 Å². The molecule has 2 aromatic rings. The molecule has 0 aliphatic rings. The minimum Gasteiger partial charge on any atom is -0.326 e. The fraction of sp³-hybridized carbons (Fsp3) is 0.143. The minimum absolute atomic E-state index is 0.163. The van der Waals surface area contributed by atoms with Crippen molar-refractivity contribution >= 4 is 38.9 Å². The van der Waals surface area contributed by atoms with Crippen molar-refractivity contribution in [1.82, 2.24) is 0 Å². The number of rotatable bonds is 5. The zero-order valence-electron chi connectivity index (χ0n) is 11.0. The number of halogens is 2. The summed E-state index contributed by atoms with van der Waals surface area (Å²) in [6, 6.07) is 11.9. The molecule has 0 aliphatic heterocycles. The van der Waals surface area contributed by atoms with Gasteiger partial charge in [-0.05, 0) is 23.3 Å². The molecule has 0 bridgehead atoms. The molecule has 0 heterocycles. The highest BCUT2D eigenvalue weighted by molar-refractivity contribution is 7.91. The van der Waals surface area contributed by atoms with Gasteiger partial charge in [0.15, 0.2) is 0 Å². The van der Waals surface area contributed by atoms with Gasteiger partial charge < -0.3 is 5.73 Å². The van der Waals surface area contributed by atoms with E-state index in [1.807, 2.05) is 6.07 Å². The first kappa shape index (κ1) is 16.1. The molecule has 0 radical (unpaired) electrons. The average molecular weight is 345 g/mol. The topological polar surface area (TPSA) is 72.2 Å². The van der Waals surface area contributed by atoms with Crippen LogP contribution < -0.4 is 10.5 Å². The summed E-state index contributed by atoms with van der Waals surface area (Å²) in [6.45, 7) is 0.363. The second kappa shape index (κ2) is 6.66. The molecule has 3 N–H and O–H groups in total. The lowest BCUT2D eigenvalue weighted by Gasteiger charge is -2.11. The van der Waals surface area contributed by atoms with E-state index in [0.29, 0.717) is 17.1 Å². The van der Waals surface area contributed by atoms with E-state index in [0.717, 1.165) is 5.56 Å². The highest BCUT2D eigenvalue weighted by atomic mass is 35.5. The van der Waals surface area contributed by atoms with Gasteiger partial charge in [0.25, 0.3) is 0 Å². The predicted octanol–water partition coefficient (Wildman–Crippen LogP) is 3.39. The third kappa shape index (κ3) is 4.35. The Kier molecular flexibility index (Phi) is 5.11. The number of hydrogen-bond acceptors (Lipinski definition) is 3. The van der Waals surface area contributed by atoms with E-state index < -0.39 is 10.0 Å². The summed E-state index contributed by atoms with van der Waals surface area (Å²) in [5.41, 5.74) is 7.34. The Bertz CT molecular complexity index is 748.